The van der Waals surface area contributed by atoms with Crippen molar-refractivity contribution in [2.45, 2.75) is 19.5 Å². The van der Waals surface area contributed by atoms with Gasteiger partial charge in [-0.15, -0.1) is 0 Å². The van der Waals surface area contributed by atoms with E-state index in [9.17, 15) is 19.2 Å². The molecule has 2 aromatic rings. The second-order valence-electron chi connectivity index (χ2n) is 4.92. The van der Waals surface area contributed by atoms with Crippen LogP contribution in [0.3, 0.4) is 0 Å². The Morgan fingerprint density at radius 2 is 1.65 bits per heavy atom. The van der Waals surface area contributed by atoms with E-state index in [1.165, 1.54) is 0 Å². The van der Waals surface area contributed by atoms with Gasteiger partial charge in [-0.1, -0.05) is 29.3 Å². The molecule has 0 aliphatic heterocycles. The smallest absolute Gasteiger partial charge is 0.304 e. The number of amides is 2. The van der Waals surface area contributed by atoms with Gasteiger partial charge < -0.3 is 12.4 Å². The Labute approximate surface area is 163 Å². The molecule has 0 spiro atoms. The van der Waals surface area contributed by atoms with Gasteiger partial charge in [0.2, 0.25) is 12.5 Å². The second-order valence-corrected chi connectivity index (χ2v) is 5.68. The number of hydrogen-bond donors (Lipinski definition) is 3. The minimum absolute atomic E-state index is 0. The van der Waals surface area contributed by atoms with Crippen molar-refractivity contribution in [1.29, 1.82) is 0 Å². The number of hydrazine groups is 1. The number of rotatable bonds is 5. The summed E-state index contributed by atoms with van der Waals surface area (Å²) in [5.41, 5.74) is 3.01. The van der Waals surface area contributed by atoms with Crippen LogP contribution in [0.4, 0.5) is 0 Å². The maximum atomic E-state index is 11.8. The zero-order valence-electron chi connectivity index (χ0n) is 13.2. The number of H-pyrrole nitrogens is 1. The van der Waals surface area contributed by atoms with Gasteiger partial charge in [0, 0.05) is 18.6 Å². The lowest BCUT2D eigenvalue weighted by atomic mass is 10.4. The quantitative estimate of drug-likeness (QED) is 0.341. The van der Waals surface area contributed by atoms with Gasteiger partial charge in [0.05, 0.1) is 6.54 Å². The van der Waals surface area contributed by atoms with Crippen molar-refractivity contribution in [2.75, 3.05) is 0 Å². The van der Waals surface area contributed by atoms with Gasteiger partial charge in [0.1, 0.15) is 10.0 Å². The van der Waals surface area contributed by atoms with Crippen LogP contribution < -0.4 is 38.9 Å². The highest BCUT2D eigenvalue weighted by Crippen LogP contribution is 2.10. The van der Waals surface area contributed by atoms with E-state index < -0.39 is 33.0 Å². The molecule has 2 rings (SSSR count). The second kappa shape index (κ2) is 9.95. The number of halogens is 3. The minimum Gasteiger partial charge on any atom is -1.00 e. The third kappa shape index (κ3) is 5.87. The molecular formula is C14H14Cl3N5O4. The first-order valence-electron chi connectivity index (χ1n) is 7.08. The maximum absolute atomic E-state index is 11.8. The van der Waals surface area contributed by atoms with Crippen LogP contribution in [0.25, 0.3) is 0 Å². The van der Waals surface area contributed by atoms with E-state index in [1.54, 1.807) is 29.1 Å². The molecule has 26 heavy (non-hydrogen) atoms. The fourth-order valence-corrected chi connectivity index (χ4v) is 2.16. The van der Waals surface area contributed by atoms with Gasteiger partial charge >= 0.3 is 5.91 Å². The number of carbonyl (C=O) groups excluding carboxylic acids is 2. The van der Waals surface area contributed by atoms with E-state index >= 15 is 0 Å². The molecule has 0 aromatic carbocycles. The van der Waals surface area contributed by atoms with Crippen LogP contribution in [0, 0.1) is 0 Å². The Morgan fingerprint density at radius 1 is 1.04 bits per heavy atom. The molecular weight excluding hydrogens is 409 g/mol. The van der Waals surface area contributed by atoms with E-state index in [0.29, 0.717) is 0 Å². The van der Waals surface area contributed by atoms with Crippen molar-refractivity contribution in [2.24, 2.45) is 0 Å². The number of carbonyl (C=O) groups is 2. The summed E-state index contributed by atoms with van der Waals surface area (Å²) in [7, 11) is 0. The number of aryl methyl sites for hydroxylation is 1. The zero-order chi connectivity index (χ0) is 18.4. The number of pyridine rings is 1. The Morgan fingerprint density at radius 3 is 2.31 bits per heavy atom. The SMILES string of the molecule is O=C(CCn1[nH]c(=O)c(Cl)c(Cl)c1=O)NNC(=O)C[n+]1ccccc1.[Cl-]. The predicted octanol–water partition coefficient (Wildman–Crippen LogP) is -3.63. The first kappa shape index (κ1) is 21.7. The zero-order valence-corrected chi connectivity index (χ0v) is 15.4. The molecule has 0 radical (unpaired) electrons. The molecule has 9 nitrogen and oxygen atoms in total. The van der Waals surface area contributed by atoms with Crippen LogP contribution in [0.1, 0.15) is 6.42 Å². The van der Waals surface area contributed by atoms with Crippen LogP contribution in [-0.2, 0) is 22.7 Å². The number of aromatic amines is 1. The Balaban J connectivity index is 0.00000338. The number of aromatic nitrogens is 3. The predicted molar refractivity (Wildman–Crippen MR) is 88.9 cm³/mol. The van der Waals surface area contributed by atoms with Gasteiger partial charge in [-0.05, 0) is 0 Å². The minimum atomic E-state index is -0.736. The fourth-order valence-electron chi connectivity index (χ4n) is 1.85. The lowest BCUT2D eigenvalue weighted by molar-refractivity contribution is -0.684. The first-order chi connectivity index (χ1) is 11.9. The largest absolute Gasteiger partial charge is 1.00 e. The van der Waals surface area contributed by atoms with Gasteiger partial charge in [-0.2, -0.15) is 4.57 Å². The highest BCUT2D eigenvalue weighted by atomic mass is 35.5. The van der Waals surface area contributed by atoms with Crippen LogP contribution in [-0.4, -0.2) is 21.6 Å². The standard InChI is InChI=1S/C14H13Cl2N5O4.ClH/c15-11-12(16)14(25)21(19-13(11)24)7-4-9(22)17-18-10(23)8-20-5-2-1-3-6-20;/h1-3,5-6H,4,7-8H2,(H2-,17,18,19,22,23,24,25);1H. The van der Waals surface area contributed by atoms with Crippen molar-refractivity contribution in [3.63, 3.8) is 0 Å². The molecule has 0 bridgehead atoms. The van der Waals surface area contributed by atoms with Gasteiger partial charge in [0.25, 0.3) is 11.1 Å². The molecule has 0 unspecified atom stereocenters. The summed E-state index contributed by atoms with van der Waals surface area (Å²) in [4.78, 5) is 46.7. The van der Waals surface area contributed by atoms with Gasteiger partial charge in [-0.25, -0.2) is 4.68 Å². The summed E-state index contributed by atoms with van der Waals surface area (Å²) in [6.45, 7) is -0.110. The molecule has 0 saturated carbocycles. The van der Waals surface area contributed by atoms with E-state index in [1.807, 2.05) is 6.07 Å². The Hall–Kier alpha value is -2.36. The van der Waals surface area contributed by atoms with E-state index in [0.717, 1.165) is 4.68 Å². The van der Waals surface area contributed by atoms with Crippen molar-refractivity contribution in [3.05, 3.63) is 61.3 Å². The summed E-state index contributed by atoms with van der Waals surface area (Å²) in [6.07, 6.45) is 3.23. The topological polar surface area (TPSA) is 117 Å². The summed E-state index contributed by atoms with van der Waals surface area (Å²) in [5, 5.41) is 1.38. The molecule has 2 amide bonds. The third-order valence-electron chi connectivity index (χ3n) is 3.07. The van der Waals surface area contributed by atoms with Crippen LogP contribution >= 0.6 is 23.2 Å². The van der Waals surface area contributed by atoms with Gasteiger partial charge in [0.15, 0.2) is 12.4 Å². The Bertz CT molecular complexity index is 898. The summed E-state index contributed by atoms with van der Waals surface area (Å²) >= 11 is 11.2. The lowest BCUT2D eigenvalue weighted by Gasteiger charge is -2.08. The van der Waals surface area contributed by atoms with Crippen molar-refractivity contribution < 1.29 is 26.6 Å². The molecule has 2 aromatic heterocycles. The number of hydrogen-bond acceptors (Lipinski definition) is 4. The molecule has 0 saturated heterocycles. The highest BCUT2D eigenvalue weighted by Gasteiger charge is 2.13. The monoisotopic (exact) mass is 421 g/mol. The lowest BCUT2D eigenvalue weighted by Crippen LogP contribution is -3.00. The summed E-state index contributed by atoms with van der Waals surface area (Å²) < 4.78 is 2.50. The average molecular weight is 423 g/mol. The van der Waals surface area contributed by atoms with Crippen molar-refractivity contribution >= 4 is 35.0 Å². The highest BCUT2D eigenvalue weighted by molar-refractivity contribution is 6.41. The fraction of sp³-hybridized carbons (Fsp3) is 0.214. The molecule has 2 heterocycles. The van der Waals surface area contributed by atoms with E-state index in [-0.39, 0.29) is 31.9 Å². The molecule has 3 N–H and O–H groups in total. The molecule has 140 valence electrons. The van der Waals surface area contributed by atoms with Crippen molar-refractivity contribution in [1.82, 2.24) is 20.6 Å². The number of nitrogens with one attached hydrogen (secondary N) is 3. The molecule has 0 fully saturated rings. The third-order valence-corrected chi connectivity index (χ3v) is 3.88. The van der Waals surface area contributed by atoms with Crippen LogP contribution in [0.2, 0.25) is 10.0 Å². The van der Waals surface area contributed by atoms with Crippen LogP contribution in [0.5, 0.6) is 0 Å². The maximum Gasteiger partial charge on any atom is 0.304 e. The normalized spacial score (nSPS) is 9.92. The van der Waals surface area contributed by atoms with Crippen molar-refractivity contribution in [3.8, 4) is 0 Å². The van der Waals surface area contributed by atoms with E-state index in [4.69, 9.17) is 23.2 Å². The first-order valence-corrected chi connectivity index (χ1v) is 7.84. The number of nitrogens with zero attached hydrogens (tertiary/aromatic N) is 2. The molecule has 0 atom stereocenters. The summed E-state index contributed by atoms with van der Waals surface area (Å²) in [6, 6.07) is 5.34. The molecule has 0 aliphatic rings. The van der Waals surface area contributed by atoms with Crippen LogP contribution in [0.15, 0.2) is 40.2 Å². The van der Waals surface area contributed by atoms with E-state index in [2.05, 4.69) is 16.0 Å². The Kier molecular flexibility index (Phi) is 8.30. The van der Waals surface area contributed by atoms with Gasteiger partial charge in [-0.3, -0.25) is 35.1 Å². The molecule has 0 aliphatic carbocycles. The molecule has 12 heteroatoms. The summed E-state index contributed by atoms with van der Waals surface area (Å²) in [5.74, 6) is -0.977. The average Bonchev–Trinajstić information content (AvgIpc) is 2.61.